The lowest BCUT2D eigenvalue weighted by atomic mass is 9.79. The summed E-state index contributed by atoms with van der Waals surface area (Å²) in [5.74, 6) is 1.28. The highest BCUT2D eigenvalue weighted by molar-refractivity contribution is 7.80. The number of nitrogens with one attached hydrogen (secondary N) is 2. The summed E-state index contributed by atoms with van der Waals surface area (Å²) in [7, 11) is 0. The molecular formula is C23H29Cl2N5S. The van der Waals surface area contributed by atoms with Crippen LogP contribution in [0.2, 0.25) is 10.2 Å². The van der Waals surface area contributed by atoms with Gasteiger partial charge in [-0.1, -0.05) is 48.2 Å². The molecule has 166 valence electrons. The van der Waals surface area contributed by atoms with E-state index in [9.17, 15) is 0 Å². The van der Waals surface area contributed by atoms with Crippen LogP contribution >= 0.6 is 35.4 Å². The summed E-state index contributed by atoms with van der Waals surface area (Å²) in [6, 6.07) is 10.5. The predicted molar refractivity (Wildman–Crippen MR) is 134 cm³/mol. The molecule has 2 aliphatic rings. The van der Waals surface area contributed by atoms with Crippen molar-refractivity contribution in [2.45, 2.75) is 63.3 Å². The largest absolute Gasteiger partial charge is 0.361 e. The molecule has 1 atom stereocenters. The molecule has 2 fully saturated rings. The topological polar surface area (TPSA) is 53.1 Å². The molecule has 8 heteroatoms. The zero-order valence-electron chi connectivity index (χ0n) is 17.8. The molecule has 1 aromatic carbocycles. The van der Waals surface area contributed by atoms with E-state index in [-0.39, 0.29) is 5.41 Å². The summed E-state index contributed by atoms with van der Waals surface area (Å²) in [4.78, 5) is 11.3. The molecule has 1 unspecified atom stereocenters. The Labute approximate surface area is 199 Å². The fourth-order valence-electron chi connectivity index (χ4n) is 4.88. The number of thiocarbonyl (C=S) groups is 1. The molecule has 0 amide bonds. The van der Waals surface area contributed by atoms with E-state index >= 15 is 0 Å². The second-order valence-corrected chi connectivity index (χ2v) is 9.95. The van der Waals surface area contributed by atoms with Crippen molar-refractivity contribution in [2.24, 2.45) is 0 Å². The quantitative estimate of drug-likeness (QED) is 0.409. The van der Waals surface area contributed by atoms with Crippen LogP contribution in [0.3, 0.4) is 0 Å². The first-order valence-electron chi connectivity index (χ1n) is 11.1. The Morgan fingerprint density at radius 2 is 1.97 bits per heavy atom. The van der Waals surface area contributed by atoms with E-state index in [4.69, 9.17) is 35.4 Å². The highest BCUT2D eigenvalue weighted by Gasteiger charge is 2.35. The molecule has 0 bridgehead atoms. The first-order chi connectivity index (χ1) is 14.9. The van der Waals surface area contributed by atoms with E-state index in [2.05, 4.69) is 44.6 Å². The van der Waals surface area contributed by atoms with Crippen molar-refractivity contribution in [3.05, 3.63) is 46.1 Å². The fraction of sp³-hybridized carbons (Fsp3) is 0.522. The maximum atomic E-state index is 6.30. The molecule has 4 rings (SSSR count). The van der Waals surface area contributed by atoms with Gasteiger partial charge in [0.1, 0.15) is 11.0 Å². The molecular weight excluding hydrogens is 449 g/mol. The molecule has 0 spiro atoms. The maximum Gasteiger partial charge on any atom is 0.232 e. The van der Waals surface area contributed by atoms with Crippen LogP contribution in [-0.2, 0) is 5.41 Å². The Morgan fingerprint density at radius 3 is 2.71 bits per heavy atom. The van der Waals surface area contributed by atoms with Crippen LogP contribution in [0.25, 0.3) is 0 Å². The summed E-state index contributed by atoms with van der Waals surface area (Å²) in [6.07, 6.45) is 8.24. The lowest BCUT2D eigenvalue weighted by Crippen LogP contribution is -2.41. The highest BCUT2D eigenvalue weighted by atomic mass is 35.5. The van der Waals surface area contributed by atoms with Gasteiger partial charge in [-0.2, -0.15) is 4.98 Å². The molecule has 2 N–H and O–H groups in total. The van der Waals surface area contributed by atoms with E-state index in [0.29, 0.717) is 22.3 Å². The molecule has 5 nitrogen and oxygen atoms in total. The van der Waals surface area contributed by atoms with E-state index in [1.165, 1.54) is 31.2 Å². The van der Waals surface area contributed by atoms with Crippen molar-refractivity contribution in [3.8, 4) is 0 Å². The Kier molecular flexibility index (Phi) is 7.19. The van der Waals surface area contributed by atoms with Gasteiger partial charge in [-0.05, 0) is 68.9 Å². The number of hydrogen-bond acceptors (Lipinski definition) is 4. The van der Waals surface area contributed by atoms with Crippen molar-refractivity contribution >= 4 is 52.3 Å². The number of halogens is 2. The first kappa shape index (κ1) is 22.6. The average Bonchev–Trinajstić information content (AvgIpc) is 3.22. The van der Waals surface area contributed by atoms with Gasteiger partial charge in [0.2, 0.25) is 5.95 Å². The second-order valence-electron chi connectivity index (χ2n) is 8.72. The number of anilines is 2. The van der Waals surface area contributed by atoms with E-state index in [0.717, 1.165) is 43.2 Å². The van der Waals surface area contributed by atoms with Gasteiger partial charge in [0.15, 0.2) is 5.11 Å². The van der Waals surface area contributed by atoms with Crippen LogP contribution in [0.15, 0.2) is 30.3 Å². The second kappa shape index (κ2) is 9.88. The third-order valence-electron chi connectivity index (χ3n) is 6.59. The molecule has 1 saturated carbocycles. The molecule has 1 aromatic heterocycles. The lowest BCUT2D eigenvalue weighted by molar-refractivity contribution is 0.435. The molecule has 0 radical (unpaired) electrons. The summed E-state index contributed by atoms with van der Waals surface area (Å²) in [5, 5.41) is 8.24. The number of aromatic nitrogens is 2. The Hall–Kier alpha value is -1.63. The molecule has 2 heterocycles. The number of nitrogens with zero attached hydrogens (tertiary/aromatic N) is 3. The number of hydrogen-bond donors (Lipinski definition) is 2. The van der Waals surface area contributed by atoms with Crippen LogP contribution in [0.1, 0.15) is 57.4 Å². The van der Waals surface area contributed by atoms with Crippen molar-refractivity contribution < 1.29 is 0 Å². The minimum Gasteiger partial charge on any atom is -0.361 e. The Morgan fingerprint density at radius 1 is 1.16 bits per heavy atom. The van der Waals surface area contributed by atoms with E-state index < -0.39 is 0 Å². The third-order valence-corrected chi connectivity index (χ3v) is 7.26. The SMILES string of the molecule is CC1CCCCN1c1cc(Cl)nc(NC(=S)NCC2(c3cccc(Cl)c3)CCCC2)n1. The highest BCUT2D eigenvalue weighted by Crippen LogP contribution is 2.41. The molecule has 1 aliphatic heterocycles. The number of rotatable bonds is 5. The summed E-state index contributed by atoms with van der Waals surface area (Å²) >= 11 is 18.1. The standard InChI is InChI=1S/C23H29Cl2N5S/c1-16-7-2-5-12-30(16)20-14-19(25)27-21(28-20)29-22(31)26-15-23(10-3-4-11-23)17-8-6-9-18(24)13-17/h6,8-9,13-14,16H,2-5,7,10-12,15H2,1H3,(H2,26,27,28,29,31). The predicted octanol–water partition coefficient (Wildman–Crippen LogP) is 5.96. The smallest absolute Gasteiger partial charge is 0.232 e. The minimum atomic E-state index is 0.0419. The number of piperidine rings is 1. The van der Waals surface area contributed by atoms with Crippen molar-refractivity contribution in [1.29, 1.82) is 0 Å². The zero-order valence-corrected chi connectivity index (χ0v) is 20.2. The van der Waals surface area contributed by atoms with Gasteiger partial charge in [-0.25, -0.2) is 4.98 Å². The van der Waals surface area contributed by atoms with Gasteiger partial charge < -0.3 is 15.5 Å². The molecule has 1 saturated heterocycles. The normalized spacial score (nSPS) is 20.5. The lowest BCUT2D eigenvalue weighted by Gasteiger charge is -2.34. The van der Waals surface area contributed by atoms with Gasteiger partial charge in [0.05, 0.1) is 0 Å². The molecule has 2 aromatic rings. The summed E-state index contributed by atoms with van der Waals surface area (Å²) in [5.41, 5.74) is 1.31. The van der Waals surface area contributed by atoms with Crippen molar-refractivity contribution in [2.75, 3.05) is 23.3 Å². The van der Waals surface area contributed by atoms with Gasteiger partial charge in [-0.3, -0.25) is 0 Å². The molecule has 1 aliphatic carbocycles. The van der Waals surface area contributed by atoms with Crippen LogP contribution < -0.4 is 15.5 Å². The van der Waals surface area contributed by atoms with Crippen LogP contribution in [-0.4, -0.2) is 34.2 Å². The third kappa shape index (κ3) is 5.41. The van der Waals surface area contributed by atoms with Crippen LogP contribution in [0.4, 0.5) is 11.8 Å². The Bertz CT molecular complexity index is 932. The summed E-state index contributed by atoms with van der Waals surface area (Å²) < 4.78 is 0. The fourth-order valence-corrected chi connectivity index (χ4v) is 5.41. The van der Waals surface area contributed by atoms with Gasteiger partial charge in [0, 0.05) is 35.6 Å². The Balaban J connectivity index is 1.44. The van der Waals surface area contributed by atoms with Crippen molar-refractivity contribution in [1.82, 2.24) is 15.3 Å². The average molecular weight is 478 g/mol. The number of benzene rings is 1. The summed E-state index contributed by atoms with van der Waals surface area (Å²) in [6.45, 7) is 3.96. The zero-order chi connectivity index (χ0) is 21.8. The molecule has 31 heavy (non-hydrogen) atoms. The van der Waals surface area contributed by atoms with Gasteiger partial charge in [-0.15, -0.1) is 0 Å². The van der Waals surface area contributed by atoms with Crippen LogP contribution in [0, 0.1) is 0 Å². The van der Waals surface area contributed by atoms with E-state index in [1.807, 2.05) is 18.2 Å². The van der Waals surface area contributed by atoms with Gasteiger partial charge >= 0.3 is 0 Å². The first-order valence-corrected chi connectivity index (χ1v) is 12.2. The minimum absolute atomic E-state index is 0.0419. The maximum absolute atomic E-state index is 6.30. The van der Waals surface area contributed by atoms with Gasteiger partial charge in [0.25, 0.3) is 0 Å². The van der Waals surface area contributed by atoms with Crippen molar-refractivity contribution in [3.63, 3.8) is 0 Å². The van der Waals surface area contributed by atoms with E-state index in [1.54, 1.807) is 0 Å². The van der Waals surface area contributed by atoms with Crippen LogP contribution in [0.5, 0.6) is 0 Å². The monoisotopic (exact) mass is 477 g/mol.